The van der Waals surface area contributed by atoms with Crippen LogP contribution < -0.4 is 0 Å². The Morgan fingerprint density at radius 3 is 2.22 bits per heavy atom. The zero-order valence-electron chi connectivity index (χ0n) is 4.52. The summed E-state index contributed by atoms with van der Waals surface area (Å²) in [5, 5.41) is 0. The van der Waals surface area contributed by atoms with E-state index in [0.29, 0.717) is 4.83 Å². The van der Waals surface area contributed by atoms with E-state index in [9.17, 15) is 0 Å². The van der Waals surface area contributed by atoms with Gasteiger partial charge in [-0.15, -0.1) is 0 Å². The predicted molar refractivity (Wildman–Crippen MR) is 53.6 cm³/mol. The molecule has 1 aliphatic rings. The Labute approximate surface area is 81.6 Å². The highest BCUT2D eigenvalue weighted by Gasteiger charge is 2.17. The molecule has 0 saturated carbocycles. The van der Waals surface area contributed by atoms with E-state index in [2.05, 4.69) is 38.5 Å². The first-order chi connectivity index (χ1) is 4.10. The van der Waals surface area contributed by atoms with Gasteiger partial charge in [0.05, 0.1) is 4.83 Å². The van der Waals surface area contributed by atoms with Gasteiger partial charge in [0.2, 0.25) is 0 Å². The highest BCUT2D eigenvalue weighted by molar-refractivity contribution is 14.1. The molecular formula is C6H5BrClI. The Hall–Kier alpha value is 0.980. The summed E-state index contributed by atoms with van der Waals surface area (Å²) >= 11 is 11.5. The predicted octanol–water partition coefficient (Wildman–Crippen LogP) is 3.25. The van der Waals surface area contributed by atoms with Crippen LogP contribution >= 0.6 is 50.1 Å². The fraction of sp³-hybridized carbons (Fsp3) is 0.333. The summed E-state index contributed by atoms with van der Waals surface area (Å²) in [5.74, 6) is 0. The van der Waals surface area contributed by atoms with Gasteiger partial charge < -0.3 is 0 Å². The van der Waals surface area contributed by atoms with Crippen molar-refractivity contribution in [3.8, 4) is 0 Å². The average molecular weight is 319 g/mol. The van der Waals surface area contributed by atoms with Gasteiger partial charge in [-0.05, 0) is 0 Å². The molecule has 0 radical (unpaired) electrons. The van der Waals surface area contributed by atoms with E-state index in [1.54, 1.807) is 0 Å². The van der Waals surface area contributed by atoms with E-state index in [1.807, 2.05) is 24.3 Å². The second-order valence-corrected chi connectivity index (χ2v) is 5.94. The minimum Gasteiger partial charge on any atom is -0.0984 e. The van der Waals surface area contributed by atoms with E-state index in [4.69, 9.17) is 11.6 Å². The summed E-state index contributed by atoms with van der Waals surface area (Å²) in [6.07, 6.45) is 7.99. The molecule has 0 fully saturated rings. The number of alkyl halides is 3. The topological polar surface area (TPSA) is 0 Å². The number of hydrogen-bond acceptors (Lipinski definition) is 0. The number of hydrogen-bond donors (Lipinski definition) is 0. The standard InChI is InChI=1S/C6H5BrClI/c7-5-1-3-6(8,9)4-2-5/h1-5H. The van der Waals surface area contributed by atoms with Crippen molar-refractivity contribution >= 4 is 50.1 Å². The minimum atomic E-state index is -0.290. The largest absolute Gasteiger partial charge is 0.132 e. The maximum absolute atomic E-state index is 5.93. The van der Waals surface area contributed by atoms with Gasteiger partial charge >= 0.3 is 0 Å². The molecule has 1 aliphatic carbocycles. The van der Waals surface area contributed by atoms with Crippen molar-refractivity contribution in [3.05, 3.63) is 24.3 Å². The van der Waals surface area contributed by atoms with Gasteiger partial charge in [-0.2, -0.15) is 0 Å². The first-order valence-corrected chi connectivity index (χ1v) is 4.88. The lowest BCUT2D eigenvalue weighted by atomic mass is 10.2. The lowest BCUT2D eigenvalue weighted by Gasteiger charge is -2.14. The molecule has 0 unspecified atom stereocenters. The van der Waals surface area contributed by atoms with Crippen molar-refractivity contribution in [3.63, 3.8) is 0 Å². The Kier molecular flexibility index (Phi) is 2.63. The summed E-state index contributed by atoms with van der Waals surface area (Å²) in [7, 11) is 0. The van der Waals surface area contributed by atoms with Crippen molar-refractivity contribution in [1.29, 1.82) is 0 Å². The molecule has 3 heteroatoms. The van der Waals surface area contributed by atoms with Crippen molar-refractivity contribution < 1.29 is 0 Å². The SMILES string of the molecule is ClC1(I)C=CC(Br)C=C1. The summed E-state index contributed by atoms with van der Waals surface area (Å²) in [6.45, 7) is 0. The fourth-order valence-corrected chi connectivity index (χ4v) is 1.43. The van der Waals surface area contributed by atoms with Crippen LogP contribution in [-0.4, -0.2) is 7.71 Å². The molecule has 0 saturated heterocycles. The molecule has 0 aromatic carbocycles. The molecule has 0 amide bonds. The van der Waals surface area contributed by atoms with Crippen LogP contribution in [0.25, 0.3) is 0 Å². The Morgan fingerprint density at radius 1 is 1.44 bits per heavy atom. The van der Waals surface area contributed by atoms with Gasteiger partial charge in [-0.1, -0.05) is 74.4 Å². The lowest BCUT2D eigenvalue weighted by molar-refractivity contribution is 1.24. The van der Waals surface area contributed by atoms with E-state index in [1.165, 1.54) is 0 Å². The number of halogens is 3. The number of rotatable bonds is 0. The van der Waals surface area contributed by atoms with E-state index in [0.717, 1.165) is 0 Å². The molecule has 9 heavy (non-hydrogen) atoms. The Morgan fingerprint density at radius 2 is 1.89 bits per heavy atom. The Bertz CT molecular complexity index is 146. The second kappa shape index (κ2) is 2.93. The van der Waals surface area contributed by atoms with Crippen LogP contribution in [0.3, 0.4) is 0 Å². The van der Waals surface area contributed by atoms with Gasteiger partial charge in [0.25, 0.3) is 0 Å². The van der Waals surface area contributed by atoms with Crippen LogP contribution in [-0.2, 0) is 0 Å². The molecule has 0 aromatic heterocycles. The van der Waals surface area contributed by atoms with Crippen molar-refractivity contribution in [1.82, 2.24) is 0 Å². The number of allylic oxidation sites excluding steroid dienone is 4. The first kappa shape index (κ1) is 8.08. The third-order valence-electron chi connectivity index (χ3n) is 1.00. The smallest absolute Gasteiger partial charge is 0.0984 e. The van der Waals surface area contributed by atoms with Crippen LogP contribution in [0, 0.1) is 0 Å². The van der Waals surface area contributed by atoms with Gasteiger partial charge in [0.1, 0.15) is 2.88 Å². The maximum Gasteiger partial charge on any atom is 0.132 e. The van der Waals surface area contributed by atoms with Gasteiger partial charge in [-0.25, -0.2) is 0 Å². The summed E-state index contributed by atoms with van der Waals surface area (Å²) in [6, 6.07) is 0. The molecule has 0 N–H and O–H groups in total. The van der Waals surface area contributed by atoms with Crippen LogP contribution in [0.15, 0.2) is 24.3 Å². The zero-order chi connectivity index (χ0) is 6.91. The quantitative estimate of drug-likeness (QED) is 0.365. The summed E-state index contributed by atoms with van der Waals surface area (Å²) in [4.78, 5) is 0.360. The van der Waals surface area contributed by atoms with Gasteiger partial charge in [0, 0.05) is 0 Å². The van der Waals surface area contributed by atoms with Gasteiger partial charge in [-0.3, -0.25) is 0 Å². The fourth-order valence-electron chi connectivity index (χ4n) is 0.560. The molecular weight excluding hydrogens is 314 g/mol. The highest BCUT2D eigenvalue weighted by Crippen LogP contribution is 2.31. The molecule has 0 aromatic rings. The average Bonchev–Trinajstić information content (AvgIpc) is 1.78. The molecule has 0 aliphatic heterocycles. The van der Waals surface area contributed by atoms with Crippen LogP contribution in [0.2, 0.25) is 0 Å². The van der Waals surface area contributed by atoms with Crippen molar-refractivity contribution in [2.45, 2.75) is 7.71 Å². The molecule has 0 bridgehead atoms. The molecule has 50 valence electrons. The van der Waals surface area contributed by atoms with Gasteiger partial charge in [0.15, 0.2) is 0 Å². The molecule has 0 heterocycles. The van der Waals surface area contributed by atoms with Crippen LogP contribution in [0.1, 0.15) is 0 Å². The highest BCUT2D eigenvalue weighted by atomic mass is 127. The summed E-state index contributed by atoms with van der Waals surface area (Å²) in [5.41, 5.74) is 0. The molecule has 0 spiro atoms. The van der Waals surface area contributed by atoms with Crippen LogP contribution in [0.5, 0.6) is 0 Å². The van der Waals surface area contributed by atoms with E-state index in [-0.39, 0.29) is 2.88 Å². The van der Waals surface area contributed by atoms with Crippen molar-refractivity contribution in [2.75, 3.05) is 0 Å². The van der Waals surface area contributed by atoms with Crippen molar-refractivity contribution in [2.24, 2.45) is 0 Å². The van der Waals surface area contributed by atoms with Crippen LogP contribution in [0.4, 0.5) is 0 Å². The first-order valence-electron chi connectivity index (χ1n) is 2.51. The van der Waals surface area contributed by atoms with E-state index < -0.39 is 0 Å². The minimum absolute atomic E-state index is 0.290. The molecule has 0 nitrogen and oxygen atoms in total. The Balaban J connectivity index is 2.70. The maximum atomic E-state index is 5.93. The monoisotopic (exact) mass is 318 g/mol. The summed E-state index contributed by atoms with van der Waals surface area (Å²) < 4.78 is -0.290. The lowest BCUT2D eigenvalue weighted by Crippen LogP contribution is -2.08. The molecule has 1 rings (SSSR count). The third-order valence-corrected chi connectivity index (χ3v) is 2.59. The molecule has 0 atom stereocenters. The van der Waals surface area contributed by atoms with E-state index >= 15 is 0 Å². The second-order valence-electron chi connectivity index (χ2n) is 1.84. The normalized spacial score (nSPS) is 41.4. The zero-order valence-corrected chi connectivity index (χ0v) is 9.02. The third kappa shape index (κ3) is 2.60.